The fourth-order valence-electron chi connectivity index (χ4n) is 6.00. The van der Waals surface area contributed by atoms with Crippen molar-refractivity contribution in [1.82, 2.24) is 19.7 Å². The molecule has 45 heavy (non-hydrogen) atoms. The highest BCUT2D eigenvalue weighted by atomic mass is 16.2. The molecular weight excluding hydrogens is 572 g/mol. The first-order valence-corrected chi connectivity index (χ1v) is 15.2. The van der Waals surface area contributed by atoms with Gasteiger partial charge in [0.1, 0.15) is 12.3 Å². The number of carbonyl (C=O) groups excluding carboxylic acids is 4. The Bertz CT molecular complexity index is 1730. The van der Waals surface area contributed by atoms with E-state index in [1.807, 2.05) is 16.9 Å². The summed E-state index contributed by atoms with van der Waals surface area (Å²) >= 11 is 0. The summed E-state index contributed by atoms with van der Waals surface area (Å²) in [6.07, 6.45) is 11.5. The molecule has 2 saturated carbocycles. The molecule has 6 rings (SSSR count). The Labute approximate surface area is 260 Å². The number of anilines is 2. The Balaban J connectivity index is 1.16. The van der Waals surface area contributed by atoms with Gasteiger partial charge in [-0.15, -0.1) is 0 Å². The van der Waals surface area contributed by atoms with E-state index in [0.29, 0.717) is 17.9 Å². The van der Waals surface area contributed by atoms with Gasteiger partial charge < -0.3 is 26.6 Å². The molecule has 2 aromatic heterocycles. The Kier molecular flexibility index (Phi) is 8.05. The first kappa shape index (κ1) is 29.9. The van der Waals surface area contributed by atoms with Crippen LogP contribution in [0.2, 0.25) is 0 Å². The van der Waals surface area contributed by atoms with Gasteiger partial charge in [-0.05, 0) is 75.8 Å². The van der Waals surface area contributed by atoms with Crippen LogP contribution in [0.3, 0.4) is 0 Å². The van der Waals surface area contributed by atoms with Crippen LogP contribution < -0.4 is 16.4 Å². The highest BCUT2D eigenvalue weighted by Gasteiger charge is 2.42. The zero-order chi connectivity index (χ0) is 31.8. The van der Waals surface area contributed by atoms with Crippen molar-refractivity contribution in [3.05, 3.63) is 70.8 Å². The van der Waals surface area contributed by atoms with Crippen molar-refractivity contribution < 1.29 is 19.2 Å². The maximum Gasteiger partial charge on any atom is 0.262 e. The largest absolute Gasteiger partial charge is 0.382 e. The number of aromatic nitrogens is 3. The molecule has 3 amide bonds. The number of nitrogens with two attached hydrogens (primary N) is 1. The number of hydrogen-bond donors (Lipinski definition) is 4. The molecule has 1 atom stereocenters. The second-order valence-corrected chi connectivity index (χ2v) is 12.2. The van der Waals surface area contributed by atoms with E-state index in [2.05, 4.69) is 35.7 Å². The van der Waals surface area contributed by atoms with Crippen LogP contribution in [0.4, 0.5) is 11.4 Å². The number of imide groups is 1. The molecule has 3 aliphatic rings. The summed E-state index contributed by atoms with van der Waals surface area (Å²) < 4.78 is 2.03. The lowest BCUT2D eigenvalue weighted by molar-refractivity contribution is -0.122. The van der Waals surface area contributed by atoms with Crippen LogP contribution in [-0.4, -0.2) is 62.0 Å². The maximum absolute atomic E-state index is 13.1. The van der Waals surface area contributed by atoms with E-state index < -0.39 is 23.8 Å². The zero-order valence-corrected chi connectivity index (χ0v) is 25.2. The molecule has 0 bridgehead atoms. The molecule has 232 valence electrons. The number of fused-ring (bicyclic) bond motifs is 1. The van der Waals surface area contributed by atoms with Gasteiger partial charge in [0, 0.05) is 65.7 Å². The number of rotatable bonds is 13. The number of primary amides is 1. The summed E-state index contributed by atoms with van der Waals surface area (Å²) in [6, 6.07) is 6.01. The summed E-state index contributed by atoms with van der Waals surface area (Å²) in [5, 5.41) is 19.8. The van der Waals surface area contributed by atoms with Crippen molar-refractivity contribution in [2.75, 3.05) is 10.6 Å². The maximum atomic E-state index is 13.1. The third-order valence-corrected chi connectivity index (χ3v) is 8.49. The topological polar surface area (TPSA) is 176 Å². The monoisotopic (exact) mass is 608 g/mol. The lowest BCUT2D eigenvalue weighted by Crippen LogP contribution is -2.47. The number of hydrogen-bond acceptors (Lipinski definition) is 9. The van der Waals surface area contributed by atoms with E-state index >= 15 is 0 Å². The summed E-state index contributed by atoms with van der Waals surface area (Å²) in [6.45, 7) is 4.13. The first-order chi connectivity index (χ1) is 21.7. The summed E-state index contributed by atoms with van der Waals surface area (Å²) in [4.78, 5) is 54.4. The van der Waals surface area contributed by atoms with Crippen LogP contribution >= 0.6 is 0 Å². The number of nitrogens with zero attached hydrogens (tertiary/aromatic N) is 4. The molecule has 2 aliphatic carbocycles. The summed E-state index contributed by atoms with van der Waals surface area (Å²) in [5.41, 5.74) is 12.1. The molecule has 3 aromatic rings. The van der Waals surface area contributed by atoms with Crippen LogP contribution in [-0.2, 0) is 9.59 Å². The summed E-state index contributed by atoms with van der Waals surface area (Å²) in [5.74, 6) is -1.61. The van der Waals surface area contributed by atoms with Crippen molar-refractivity contribution in [2.45, 2.75) is 76.4 Å². The Morgan fingerprint density at radius 2 is 1.89 bits per heavy atom. The fraction of sp³-hybridized carbons (Fsp3) is 0.364. The SMILES string of the molecule is CC(C)Nc1ccnc(-c2cn(C3CC(=CNc4ccc5c(c4)C(=O)N(C(CCC=O)C(N)=O)C5=O)C3)nc2C2CC2)c1C=N. The normalized spacial score (nSPS) is 18.0. The Morgan fingerprint density at radius 3 is 2.56 bits per heavy atom. The lowest BCUT2D eigenvalue weighted by atomic mass is 9.87. The number of carbonyl (C=O) groups is 4. The molecule has 1 aliphatic heterocycles. The average molecular weight is 609 g/mol. The molecule has 12 heteroatoms. The zero-order valence-electron chi connectivity index (χ0n) is 25.2. The van der Waals surface area contributed by atoms with Gasteiger partial charge in [-0.1, -0.05) is 0 Å². The number of pyridine rings is 1. The summed E-state index contributed by atoms with van der Waals surface area (Å²) in [7, 11) is 0. The minimum Gasteiger partial charge on any atom is -0.382 e. The third kappa shape index (κ3) is 5.75. The predicted molar refractivity (Wildman–Crippen MR) is 169 cm³/mol. The van der Waals surface area contributed by atoms with Gasteiger partial charge in [-0.25, -0.2) is 0 Å². The molecule has 2 fully saturated rings. The van der Waals surface area contributed by atoms with Gasteiger partial charge in [-0.2, -0.15) is 5.10 Å². The number of nitrogens with one attached hydrogen (secondary N) is 3. The van der Waals surface area contributed by atoms with Crippen molar-refractivity contribution in [2.24, 2.45) is 5.73 Å². The van der Waals surface area contributed by atoms with Crippen LogP contribution in [0.1, 0.15) is 96.3 Å². The smallest absolute Gasteiger partial charge is 0.262 e. The van der Waals surface area contributed by atoms with Gasteiger partial charge >= 0.3 is 0 Å². The minimum absolute atomic E-state index is 0.00872. The molecule has 0 saturated heterocycles. The van der Waals surface area contributed by atoms with Gasteiger partial charge in [-0.3, -0.25) is 28.9 Å². The average Bonchev–Trinajstić information content (AvgIpc) is 3.70. The molecule has 12 nitrogen and oxygen atoms in total. The first-order valence-electron chi connectivity index (χ1n) is 15.2. The number of benzene rings is 1. The van der Waals surface area contributed by atoms with Gasteiger partial charge in [0.25, 0.3) is 11.8 Å². The third-order valence-electron chi connectivity index (χ3n) is 8.49. The molecule has 3 heterocycles. The highest BCUT2D eigenvalue weighted by molar-refractivity contribution is 6.23. The number of aldehydes is 1. The molecule has 1 unspecified atom stereocenters. The number of amides is 3. The van der Waals surface area contributed by atoms with E-state index in [1.54, 1.807) is 24.4 Å². The van der Waals surface area contributed by atoms with Gasteiger partial charge in [0.05, 0.1) is 28.6 Å². The van der Waals surface area contributed by atoms with Crippen molar-refractivity contribution in [1.29, 1.82) is 5.41 Å². The predicted octanol–water partition coefficient (Wildman–Crippen LogP) is 4.40. The molecule has 1 aromatic carbocycles. The van der Waals surface area contributed by atoms with Crippen molar-refractivity contribution in [3.8, 4) is 11.3 Å². The second kappa shape index (κ2) is 12.1. The van der Waals surface area contributed by atoms with Crippen molar-refractivity contribution >= 4 is 41.6 Å². The molecular formula is C33H36N8O4. The van der Waals surface area contributed by atoms with Crippen LogP contribution in [0, 0.1) is 5.41 Å². The van der Waals surface area contributed by atoms with Crippen LogP contribution in [0.5, 0.6) is 0 Å². The molecule has 5 N–H and O–H groups in total. The van der Waals surface area contributed by atoms with E-state index in [1.165, 1.54) is 11.8 Å². The number of allylic oxidation sites excluding steroid dienone is 1. The van der Waals surface area contributed by atoms with Crippen molar-refractivity contribution in [3.63, 3.8) is 0 Å². The quantitative estimate of drug-likeness (QED) is 0.125. The van der Waals surface area contributed by atoms with E-state index in [4.69, 9.17) is 16.2 Å². The molecule has 0 radical (unpaired) electrons. The highest BCUT2D eigenvalue weighted by Crippen LogP contribution is 2.46. The Morgan fingerprint density at radius 1 is 1.13 bits per heavy atom. The Hall–Kier alpha value is -5.13. The van der Waals surface area contributed by atoms with E-state index in [-0.39, 0.29) is 36.1 Å². The molecule has 0 spiro atoms. The van der Waals surface area contributed by atoms with Crippen LogP contribution in [0.15, 0.2) is 48.4 Å². The van der Waals surface area contributed by atoms with Crippen LogP contribution in [0.25, 0.3) is 11.3 Å². The standard InChI is InChI=1S/C33H36N8O4/c1-18(2)38-27-9-10-36-30(25(27)15-34)26-17-40(39-29(26)20-5-6-20)22-12-19(13-22)16-37-21-7-8-23-24(14-21)33(45)41(32(23)44)28(31(35)43)4-3-11-42/h7-11,14-18,20,22,28,34,37H,3-6,12-13H2,1-2H3,(H2,35,43)(H,36,38). The lowest BCUT2D eigenvalue weighted by Gasteiger charge is -2.29. The van der Waals surface area contributed by atoms with Gasteiger partial charge in [0.15, 0.2) is 0 Å². The fourth-order valence-corrected chi connectivity index (χ4v) is 6.00. The van der Waals surface area contributed by atoms with E-state index in [9.17, 15) is 19.2 Å². The second-order valence-electron chi connectivity index (χ2n) is 12.2. The van der Waals surface area contributed by atoms with Gasteiger partial charge in [0.2, 0.25) is 5.91 Å². The minimum atomic E-state index is -1.18. The van der Waals surface area contributed by atoms with E-state index in [0.717, 1.165) is 58.8 Å².